The van der Waals surface area contributed by atoms with Crippen LogP contribution in [0.3, 0.4) is 0 Å². The first-order chi connectivity index (χ1) is 20.0. The van der Waals surface area contributed by atoms with Crippen LogP contribution in [0.1, 0.15) is 83.4 Å². The fourth-order valence-electron chi connectivity index (χ4n) is 7.42. The van der Waals surface area contributed by atoms with Gasteiger partial charge < -0.3 is 18.8 Å². The highest BCUT2D eigenvalue weighted by Gasteiger charge is 2.49. The molecule has 2 aliphatic rings. The molecule has 1 saturated heterocycles. The minimum atomic E-state index is -2.12. The molecule has 3 aromatic rings. The molecule has 2 fully saturated rings. The lowest BCUT2D eigenvalue weighted by molar-refractivity contribution is -0.142. The van der Waals surface area contributed by atoms with Crippen LogP contribution in [0, 0.1) is 6.92 Å². The Kier molecular flexibility index (Phi) is 8.63. The van der Waals surface area contributed by atoms with Gasteiger partial charge in [0.2, 0.25) is 8.32 Å². The highest BCUT2D eigenvalue weighted by molar-refractivity contribution is 6.77. The maximum Gasteiger partial charge on any atom is 0.328 e. The fourth-order valence-corrected chi connectivity index (χ4v) is 13.0. The summed E-state index contributed by atoms with van der Waals surface area (Å²) in [6.45, 7) is 16.4. The van der Waals surface area contributed by atoms with Gasteiger partial charge in [-0.1, -0.05) is 41.5 Å². The van der Waals surface area contributed by atoms with Crippen LogP contribution in [0.25, 0.3) is 10.9 Å². The number of carbonyl (C=O) groups excluding carboxylic acids is 1. The average Bonchev–Trinajstić information content (AvgIpc) is 3.66. The van der Waals surface area contributed by atoms with Gasteiger partial charge in [0.05, 0.1) is 25.8 Å². The topological polar surface area (TPSA) is 86.7 Å². The first-order valence-electron chi connectivity index (χ1n) is 15.3. The molecule has 0 bridgehead atoms. The van der Waals surface area contributed by atoms with Crippen LogP contribution < -0.4 is 9.64 Å². The maximum absolute atomic E-state index is 13.1. The third-order valence-corrected chi connectivity index (χ3v) is 15.6. The lowest BCUT2D eigenvalue weighted by Gasteiger charge is -2.44. The number of carbonyl (C=O) groups is 1. The van der Waals surface area contributed by atoms with Gasteiger partial charge in [-0.2, -0.15) is 0 Å². The van der Waals surface area contributed by atoms with Crippen LogP contribution in [0.4, 0.5) is 5.69 Å². The SMILES string of the molecule is COC(=O)[C@H]1C[C@H](O[Si](C(C)C)(C(C)C)C(C)C)CN1c1ccc2c(OC)cc([C@H]3C[C@@H]3c3nccc(C)n3)nc2c1. The molecule has 0 amide bonds. The summed E-state index contributed by atoms with van der Waals surface area (Å²) >= 11 is 0. The summed E-state index contributed by atoms with van der Waals surface area (Å²) < 4.78 is 18.2. The van der Waals surface area contributed by atoms with Crippen LogP contribution in [0.15, 0.2) is 36.5 Å². The molecular formula is C33H46N4O4Si. The second-order valence-corrected chi connectivity index (χ2v) is 18.3. The van der Waals surface area contributed by atoms with Gasteiger partial charge in [0.15, 0.2) is 0 Å². The van der Waals surface area contributed by atoms with Crippen LogP contribution in [0.5, 0.6) is 5.75 Å². The third kappa shape index (κ3) is 5.53. The smallest absolute Gasteiger partial charge is 0.328 e. The summed E-state index contributed by atoms with van der Waals surface area (Å²) in [6.07, 6.45) is 3.36. The third-order valence-electron chi connectivity index (χ3n) is 9.46. The summed E-state index contributed by atoms with van der Waals surface area (Å²) in [7, 11) is 1.04. The molecule has 1 aromatic carbocycles. The van der Waals surface area contributed by atoms with Crippen molar-refractivity contribution in [1.29, 1.82) is 0 Å². The largest absolute Gasteiger partial charge is 0.496 e. The Bertz CT molecular complexity index is 1420. The Morgan fingerprint density at radius 1 is 0.952 bits per heavy atom. The fraction of sp³-hybridized carbons (Fsp3) is 0.576. The highest BCUT2D eigenvalue weighted by Crippen LogP contribution is 2.54. The summed E-state index contributed by atoms with van der Waals surface area (Å²) in [6, 6.07) is 9.75. The van der Waals surface area contributed by atoms with Crippen molar-refractivity contribution in [3.63, 3.8) is 0 Å². The number of fused-ring (bicyclic) bond motifs is 1. The molecule has 42 heavy (non-hydrogen) atoms. The van der Waals surface area contributed by atoms with Gasteiger partial charge in [0.1, 0.15) is 17.6 Å². The number of ether oxygens (including phenoxy) is 2. The van der Waals surface area contributed by atoms with E-state index in [2.05, 4.69) is 68.5 Å². The standard InChI is InChI=1S/C33H46N4O4Si/c1-19(2)42(20(3)4,21(5)6)41-24-15-30(33(38)40-9)37(18-24)23-10-11-25-28(14-23)36-29(17-31(25)39-8)26-16-27(26)32-34-13-12-22(7)35-32/h10-14,17,19-21,24,26-27,30H,15-16,18H2,1-9H3/t24-,26-,27-,30+/m0/s1. The van der Waals surface area contributed by atoms with Crippen molar-refractivity contribution in [2.24, 2.45) is 0 Å². The van der Waals surface area contributed by atoms with Crippen molar-refractivity contribution in [2.75, 3.05) is 25.7 Å². The summed E-state index contributed by atoms with van der Waals surface area (Å²) in [5.41, 5.74) is 5.15. The van der Waals surface area contributed by atoms with Crippen molar-refractivity contribution in [3.05, 3.63) is 53.7 Å². The van der Waals surface area contributed by atoms with E-state index in [1.54, 1.807) is 7.11 Å². The molecule has 1 aliphatic carbocycles. The molecule has 226 valence electrons. The molecular weight excluding hydrogens is 544 g/mol. The van der Waals surface area contributed by atoms with Crippen LogP contribution >= 0.6 is 0 Å². The van der Waals surface area contributed by atoms with E-state index in [4.69, 9.17) is 18.9 Å². The molecule has 0 spiro atoms. The van der Waals surface area contributed by atoms with Gasteiger partial charge in [-0.3, -0.25) is 4.98 Å². The van der Waals surface area contributed by atoms with Crippen molar-refractivity contribution < 1.29 is 18.7 Å². The van der Waals surface area contributed by atoms with E-state index in [9.17, 15) is 4.79 Å². The Labute approximate surface area is 251 Å². The average molecular weight is 591 g/mol. The number of aryl methyl sites for hydroxylation is 1. The predicted octanol–water partition coefficient (Wildman–Crippen LogP) is 6.93. The van der Waals surface area contributed by atoms with E-state index in [0.29, 0.717) is 29.6 Å². The molecule has 2 aromatic heterocycles. The van der Waals surface area contributed by atoms with Crippen LogP contribution in [0.2, 0.25) is 16.6 Å². The molecule has 8 nitrogen and oxygen atoms in total. The molecule has 3 heterocycles. The molecule has 9 heteroatoms. The molecule has 0 N–H and O–H groups in total. The summed E-state index contributed by atoms with van der Waals surface area (Å²) in [5, 5.41) is 0.946. The number of rotatable bonds is 10. The van der Waals surface area contributed by atoms with E-state index in [1.165, 1.54) is 7.11 Å². The number of hydrogen-bond donors (Lipinski definition) is 0. The summed E-state index contributed by atoms with van der Waals surface area (Å²) in [4.78, 5) is 29.5. The Morgan fingerprint density at radius 2 is 1.67 bits per heavy atom. The molecule has 4 atom stereocenters. The van der Waals surface area contributed by atoms with E-state index in [-0.39, 0.29) is 23.9 Å². The number of methoxy groups -OCH3 is 2. The lowest BCUT2D eigenvalue weighted by atomic mass is 10.1. The minimum Gasteiger partial charge on any atom is -0.496 e. The molecule has 5 rings (SSSR count). The minimum absolute atomic E-state index is 0.0426. The highest BCUT2D eigenvalue weighted by atomic mass is 28.4. The number of esters is 1. The molecule has 0 unspecified atom stereocenters. The van der Waals surface area contributed by atoms with Crippen molar-refractivity contribution in [1.82, 2.24) is 15.0 Å². The van der Waals surface area contributed by atoms with Gasteiger partial charge in [-0.25, -0.2) is 14.8 Å². The van der Waals surface area contributed by atoms with Gasteiger partial charge in [-0.15, -0.1) is 0 Å². The van der Waals surface area contributed by atoms with Gasteiger partial charge >= 0.3 is 5.97 Å². The monoisotopic (exact) mass is 590 g/mol. The van der Waals surface area contributed by atoms with Crippen molar-refractivity contribution in [2.45, 2.75) is 102 Å². The maximum atomic E-state index is 13.1. The second-order valence-electron chi connectivity index (χ2n) is 12.9. The normalized spacial score (nSPS) is 22.4. The van der Waals surface area contributed by atoms with Gasteiger partial charge in [0, 0.05) is 59.5 Å². The number of hydrogen-bond acceptors (Lipinski definition) is 8. The van der Waals surface area contributed by atoms with Gasteiger partial charge in [-0.05, 0) is 54.2 Å². The second kappa shape index (κ2) is 11.9. The Morgan fingerprint density at radius 3 is 2.29 bits per heavy atom. The molecule has 1 saturated carbocycles. The Balaban J connectivity index is 1.47. The van der Waals surface area contributed by atoms with E-state index in [0.717, 1.165) is 46.0 Å². The first-order valence-corrected chi connectivity index (χ1v) is 17.4. The van der Waals surface area contributed by atoms with Crippen LogP contribution in [-0.4, -0.2) is 62.1 Å². The molecule has 1 aliphatic heterocycles. The zero-order valence-electron chi connectivity index (χ0n) is 26.5. The summed E-state index contributed by atoms with van der Waals surface area (Å²) in [5.74, 6) is 1.96. The zero-order valence-corrected chi connectivity index (χ0v) is 27.5. The molecule has 0 radical (unpaired) electrons. The Hall–Kier alpha value is -3.04. The zero-order chi connectivity index (χ0) is 30.3. The van der Waals surface area contributed by atoms with Crippen molar-refractivity contribution in [3.8, 4) is 5.75 Å². The van der Waals surface area contributed by atoms with Crippen LogP contribution in [-0.2, 0) is 14.0 Å². The number of benzene rings is 1. The van der Waals surface area contributed by atoms with Gasteiger partial charge in [0.25, 0.3) is 0 Å². The van der Waals surface area contributed by atoms with E-state index in [1.807, 2.05) is 31.3 Å². The number of nitrogens with zero attached hydrogens (tertiary/aromatic N) is 4. The lowest BCUT2D eigenvalue weighted by Crippen LogP contribution is -2.50. The quantitative estimate of drug-likeness (QED) is 0.186. The van der Waals surface area contributed by atoms with E-state index >= 15 is 0 Å². The number of pyridine rings is 1. The van der Waals surface area contributed by atoms with Crippen molar-refractivity contribution >= 4 is 30.9 Å². The van der Waals surface area contributed by atoms with E-state index < -0.39 is 14.4 Å². The predicted molar refractivity (Wildman–Crippen MR) is 169 cm³/mol. The number of aromatic nitrogens is 3. The first kappa shape index (κ1) is 30.4. The number of anilines is 1.